The van der Waals surface area contributed by atoms with Crippen molar-refractivity contribution in [3.8, 4) is 17.1 Å². The van der Waals surface area contributed by atoms with Gasteiger partial charge in [0.15, 0.2) is 0 Å². The maximum atomic E-state index is 5.45. The maximum Gasteiger partial charge on any atom is 0.230 e. The molecular formula is C15H19N3O2. The van der Waals surface area contributed by atoms with E-state index in [1.807, 2.05) is 25.1 Å². The normalized spacial score (nSPS) is 16.3. The number of ether oxygens (including phenoxy) is 1. The molecule has 1 fully saturated rings. The molecule has 1 saturated heterocycles. The van der Waals surface area contributed by atoms with Crippen LogP contribution in [0.1, 0.15) is 30.2 Å². The molecule has 1 aromatic carbocycles. The third-order valence-electron chi connectivity index (χ3n) is 3.79. The summed E-state index contributed by atoms with van der Waals surface area (Å²) in [7, 11) is 1.67. The molecule has 2 heterocycles. The molecule has 1 aliphatic rings. The summed E-state index contributed by atoms with van der Waals surface area (Å²) in [6.07, 6.45) is 2.10. The number of nitrogens with one attached hydrogen (secondary N) is 1. The number of para-hydroxylation sites is 1. The van der Waals surface area contributed by atoms with E-state index in [1.54, 1.807) is 7.11 Å². The first-order valence-corrected chi connectivity index (χ1v) is 6.98. The number of hydrogen-bond acceptors (Lipinski definition) is 5. The van der Waals surface area contributed by atoms with Gasteiger partial charge in [-0.3, -0.25) is 0 Å². The predicted molar refractivity (Wildman–Crippen MR) is 75.9 cm³/mol. The second kappa shape index (κ2) is 5.63. The highest BCUT2D eigenvalue weighted by atomic mass is 16.5. The summed E-state index contributed by atoms with van der Waals surface area (Å²) in [5, 5.41) is 7.46. The molecule has 0 aliphatic carbocycles. The van der Waals surface area contributed by atoms with Crippen molar-refractivity contribution in [3.63, 3.8) is 0 Å². The van der Waals surface area contributed by atoms with Crippen LogP contribution in [0.15, 0.2) is 22.7 Å². The van der Waals surface area contributed by atoms with Crippen LogP contribution in [0, 0.1) is 6.92 Å². The number of rotatable bonds is 3. The van der Waals surface area contributed by atoms with Crippen molar-refractivity contribution in [3.05, 3.63) is 29.7 Å². The lowest BCUT2D eigenvalue weighted by Crippen LogP contribution is -2.26. The van der Waals surface area contributed by atoms with Gasteiger partial charge in [0, 0.05) is 5.92 Å². The van der Waals surface area contributed by atoms with E-state index in [0.29, 0.717) is 11.7 Å². The zero-order valence-corrected chi connectivity index (χ0v) is 11.8. The topological polar surface area (TPSA) is 60.2 Å². The highest BCUT2D eigenvalue weighted by molar-refractivity contribution is 5.66. The van der Waals surface area contributed by atoms with Crippen molar-refractivity contribution >= 4 is 0 Å². The molecular weight excluding hydrogens is 254 g/mol. The number of aryl methyl sites for hydroxylation is 1. The molecule has 5 nitrogen and oxygen atoms in total. The maximum absolute atomic E-state index is 5.45. The highest BCUT2D eigenvalue weighted by Gasteiger charge is 2.22. The average Bonchev–Trinajstić information content (AvgIpc) is 2.97. The Bertz CT molecular complexity index is 589. The Morgan fingerprint density at radius 3 is 2.85 bits per heavy atom. The first-order chi connectivity index (χ1) is 9.79. The highest BCUT2D eigenvalue weighted by Crippen LogP contribution is 2.32. The van der Waals surface area contributed by atoms with E-state index >= 15 is 0 Å². The summed E-state index contributed by atoms with van der Waals surface area (Å²) >= 11 is 0. The summed E-state index contributed by atoms with van der Waals surface area (Å²) in [5.74, 6) is 2.53. The van der Waals surface area contributed by atoms with E-state index in [4.69, 9.17) is 9.26 Å². The molecule has 0 saturated carbocycles. The van der Waals surface area contributed by atoms with E-state index in [0.717, 1.165) is 48.7 Å². The van der Waals surface area contributed by atoms with Crippen LogP contribution in [0.4, 0.5) is 0 Å². The Morgan fingerprint density at radius 1 is 1.30 bits per heavy atom. The molecule has 0 spiro atoms. The summed E-state index contributed by atoms with van der Waals surface area (Å²) < 4.78 is 10.9. The number of piperidine rings is 1. The van der Waals surface area contributed by atoms with Gasteiger partial charge < -0.3 is 14.6 Å². The molecule has 0 unspecified atom stereocenters. The molecule has 1 aliphatic heterocycles. The van der Waals surface area contributed by atoms with Crippen LogP contribution in [0.2, 0.25) is 0 Å². The minimum atomic E-state index is 0.369. The minimum Gasteiger partial charge on any atom is -0.496 e. The van der Waals surface area contributed by atoms with Gasteiger partial charge in [0.2, 0.25) is 11.7 Å². The fourth-order valence-electron chi connectivity index (χ4n) is 2.68. The largest absolute Gasteiger partial charge is 0.496 e. The van der Waals surface area contributed by atoms with E-state index in [2.05, 4.69) is 15.5 Å². The fraction of sp³-hybridized carbons (Fsp3) is 0.467. The quantitative estimate of drug-likeness (QED) is 0.931. The fourth-order valence-corrected chi connectivity index (χ4v) is 2.68. The van der Waals surface area contributed by atoms with Crippen molar-refractivity contribution < 1.29 is 9.26 Å². The first-order valence-electron chi connectivity index (χ1n) is 6.98. The summed E-state index contributed by atoms with van der Waals surface area (Å²) in [5.41, 5.74) is 1.95. The van der Waals surface area contributed by atoms with Crippen LogP contribution in [0.5, 0.6) is 5.75 Å². The van der Waals surface area contributed by atoms with Gasteiger partial charge in [-0.2, -0.15) is 4.98 Å². The zero-order valence-electron chi connectivity index (χ0n) is 11.8. The van der Waals surface area contributed by atoms with Gasteiger partial charge in [-0.1, -0.05) is 17.3 Å². The third kappa shape index (κ3) is 2.41. The number of aromatic nitrogens is 2. The van der Waals surface area contributed by atoms with E-state index in [9.17, 15) is 0 Å². The third-order valence-corrected chi connectivity index (χ3v) is 3.79. The van der Waals surface area contributed by atoms with Crippen molar-refractivity contribution in [1.82, 2.24) is 15.5 Å². The van der Waals surface area contributed by atoms with E-state index < -0.39 is 0 Å². The van der Waals surface area contributed by atoms with Crippen molar-refractivity contribution in [2.24, 2.45) is 0 Å². The van der Waals surface area contributed by atoms with E-state index in [-0.39, 0.29) is 0 Å². The lowest BCUT2D eigenvalue weighted by molar-refractivity contribution is 0.320. The summed E-state index contributed by atoms with van der Waals surface area (Å²) in [6.45, 7) is 4.03. The Hall–Kier alpha value is -1.88. The minimum absolute atomic E-state index is 0.369. The van der Waals surface area contributed by atoms with Gasteiger partial charge in [0.25, 0.3) is 0 Å². The Kier molecular flexibility index (Phi) is 3.69. The van der Waals surface area contributed by atoms with Crippen molar-refractivity contribution in [2.45, 2.75) is 25.7 Å². The Labute approximate surface area is 118 Å². The van der Waals surface area contributed by atoms with Gasteiger partial charge in [-0.25, -0.2) is 0 Å². The Morgan fingerprint density at radius 2 is 2.10 bits per heavy atom. The molecule has 0 amide bonds. The second-order valence-electron chi connectivity index (χ2n) is 5.14. The molecule has 1 N–H and O–H groups in total. The standard InChI is InChI=1S/C15H19N3O2/c1-10-4-3-5-12(13(10)19-2)14-17-15(20-18-14)11-6-8-16-9-7-11/h3-5,11,16H,6-9H2,1-2H3. The second-order valence-corrected chi connectivity index (χ2v) is 5.14. The molecule has 5 heteroatoms. The van der Waals surface area contributed by atoms with Crippen LogP contribution in [0.25, 0.3) is 11.4 Å². The molecule has 1 aromatic heterocycles. The monoisotopic (exact) mass is 273 g/mol. The molecule has 106 valence electrons. The van der Waals surface area contributed by atoms with Crippen LogP contribution >= 0.6 is 0 Å². The van der Waals surface area contributed by atoms with Crippen molar-refractivity contribution in [2.75, 3.05) is 20.2 Å². The molecule has 3 rings (SSSR count). The van der Waals surface area contributed by atoms with Gasteiger partial charge in [0.05, 0.1) is 12.7 Å². The number of methoxy groups -OCH3 is 1. The summed E-state index contributed by atoms with van der Waals surface area (Å²) in [4.78, 5) is 4.57. The Balaban J connectivity index is 1.92. The van der Waals surface area contributed by atoms with Gasteiger partial charge in [-0.15, -0.1) is 0 Å². The number of hydrogen-bond donors (Lipinski definition) is 1. The number of nitrogens with zero attached hydrogens (tertiary/aromatic N) is 2. The zero-order chi connectivity index (χ0) is 13.9. The van der Waals surface area contributed by atoms with Gasteiger partial charge in [-0.05, 0) is 44.5 Å². The van der Waals surface area contributed by atoms with Crippen LogP contribution in [-0.2, 0) is 0 Å². The molecule has 20 heavy (non-hydrogen) atoms. The number of benzene rings is 1. The van der Waals surface area contributed by atoms with Crippen LogP contribution in [-0.4, -0.2) is 30.3 Å². The van der Waals surface area contributed by atoms with Crippen LogP contribution < -0.4 is 10.1 Å². The molecule has 0 bridgehead atoms. The molecule has 2 aromatic rings. The van der Waals surface area contributed by atoms with Gasteiger partial charge in [0.1, 0.15) is 5.75 Å². The lowest BCUT2D eigenvalue weighted by atomic mass is 9.98. The van der Waals surface area contributed by atoms with Crippen LogP contribution in [0.3, 0.4) is 0 Å². The van der Waals surface area contributed by atoms with Gasteiger partial charge >= 0.3 is 0 Å². The lowest BCUT2D eigenvalue weighted by Gasteiger charge is -2.18. The molecule has 0 atom stereocenters. The summed E-state index contributed by atoms with van der Waals surface area (Å²) in [6, 6.07) is 5.95. The SMILES string of the molecule is COc1c(C)cccc1-c1noc(C2CCNCC2)n1. The average molecular weight is 273 g/mol. The predicted octanol–water partition coefficient (Wildman–Crippen LogP) is 2.52. The first kappa shape index (κ1) is 13.1. The van der Waals surface area contributed by atoms with E-state index in [1.165, 1.54) is 0 Å². The smallest absolute Gasteiger partial charge is 0.230 e. The van der Waals surface area contributed by atoms with Crippen molar-refractivity contribution in [1.29, 1.82) is 0 Å². The molecule has 0 radical (unpaired) electrons.